The first-order valence-corrected chi connectivity index (χ1v) is 6.22. The average molecular weight is 258 g/mol. The number of nitrogens with one attached hydrogen (secondary N) is 2. The lowest BCUT2D eigenvalue weighted by Gasteiger charge is -1.99. The van der Waals surface area contributed by atoms with E-state index in [0.717, 1.165) is 15.6 Å². The van der Waals surface area contributed by atoms with E-state index in [1.54, 1.807) is 0 Å². The molecule has 0 atom stereocenters. The van der Waals surface area contributed by atoms with Crippen LogP contribution >= 0.6 is 11.3 Å². The van der Waals surface area contributed by atoms with Crippen LogP contribution in [0.25, 0.3) is 10.1 Å². The summed E-state index contributed by atoms with van der Waals surface area (Å²) in [5, 5.41) is 10.1. The number of rotatable bonds is 2. The number of H-pyrrole nitrogens is 1. The molecule has 0 spiro atoms. The number of thiophene rings is 1. The number of amides is 1. The van der Waals surface area contributed by atoms with E-state index in [4.69, 9.17) is 0 Å². The number of aryl methyl sites for hydroxylation is 1. The Bertz CT molecular complexity index is 702. The molecule has 0 saturated carbocycles. The van der Waals surface area contributed by atoms with E-state index in [-0.39, 0.29) is 5.91 Å². The summed E-state index contributed by atoms with van der Waals surface area (Å²) < 4.78 is 1.11. The van der Waals surface area contributed by atoms with Crippen LogP contribution in [0.15, 0.2) is 30.6 Å². The molecule has 0 unspecified atom stereocenters. The number of aromatic nitrogens is 3. The van der Waals surface area contributed by atoms with Gasteiger partial charge in [-0.05, 0) is 23.9 Å². The molecule has 3 rings (SSSR count). The van der Waals surface area contributed by atoms with E-state index in [1.165, 1.54) is 17.7 Å². The van der Waals surface area contributed by atoms with Crippen molar-refractivity contribution in [3.63, 3.8) is 0 Å². The molecule has 2 heterocycles. The van der Waals surface area contributed by atoms with Crippen LogP contribution in [0.4, 0.5) is 5.95 Å². The van der Waals surface area contributed by atoms with Crippen LogP contribution < -0.4 is 5.32 Å². The number of hydrogen-bond acceptors (Lipinski definition) is 4. The summed E-state index contributed by atoms with van der Waals surface area (Å²) >= 11 is 1.48. The van der Waals surface area contributed by atoms with Gasteiger partial charge in [0.2, 0.25) is 5.95 Å². The number of hydrogen-bond donors (Lipinski definition) is 2. The van der Waals surface area contributed by atoms with E-state index in [0.29, 0.717) is 10.8 Å². The van der Waals surface area contributed by atoms with Crippen LogP contribution in [0.3, 0.4) is 0 Å². The molecule has 0 bridgehead atoms. The first-order chi connectivity index (χ1) is 8.75. The predicted molar refractivity (Wildman–Crippen MR) is 70.9 cm³/mol. The number of fused-ring (bicyclic) bond motifs is 1. The second-order valence-corrected chi connectivity index (χ2v) is 4.89. The van der Waals surface area contributed by atoms with Crippen LogP contribution in [-0.2, 0) is 0 Å². The Kier molecular flexibility index (Phi) is 2.56. The summed E-state index contributed by atoms with van der Waals surface area (Å²) in [7, 11) is 0. The van der Waals surface area contributed by atoms with Crippen LogP contribution in [-0.4, -0.2) is 21.1 Å². The van der Waals surface area contributed by atoms with Crippen molar-refractivity contribution >= 4 is 33.3 Å². The topological polar surface area (TPSA) is 70.7 Å². The molecule has 0 fully saturated rings. The van der Waals surface area contributed by atoms with Gasteiger partial charge in [-0.2, -0.15) is 10.1 Å². The van der Waals surface area contributed by atoms with Crippen LogP contribution in [0.5, 0.6) is 0 Å². The quantitative estimate of drug-likeness (QED) is 0.742. The molecule has 2 N–H and O–H groups in total. The number of carbonyl (C=O) groups is 1. The lowest BCUT2D eigenvalue weighted by atomic mass is 10.1. The Balaban J connectivity index is 1.99. The lowest BCUT2D eigenvalue weighted by Crippen LogP contribution is -2.12. The summed E-state index contributed by atoms with van der Waals surface area (Å²) in [6, 6.07) is 7.97. The number of nitrogens with zero attached hydrogens (tertiary/aromatic N) is 2. The van der Waals surface area contributed by atoms with Crippen molar-refractivity contribution in [2.24, 2.45) is 0 Å². The van der Waals surface area contributed by atoms with Gasteiger partial charge in [-0.3, -0.25) is 10.1 Å². The summed E-state index contributed by atoms with van der Waals surface area (Å²) in [6.45, 7) is 1.95. The number of carbonyl (C=O) groups excluding carboxylic acids is 1. The van der Waals surface area contributed by atoms with Gasteiger partial charge in [0.25, 0.3) is 5.91 Å². The normalized spacial score (nSPS) is 10.7. The molecule has 0 aliphatic carbocycles. The van der Waals surface area contributed by atoms with E-state index in [2.05, 4.69) is 20.5 Å². The van der Waals surface area contributed by atoms with Gasteiger partial charge in [0.05, 0.1) is 4.88 Å². The van der Waals surface area contributed by atoms with Gasteiger partial charge in [-0.1, -0.05) is 18.2 Å². The molecule has 6 heteroatoms. The highest BCUT2D eigenvalue weighted by Gasteiger charge is 2.15. The van der Waals surface area contributed by atoms with Gasteiger partial charge in [-0.25, -0.2) is 5.10 Å². The molecule has 1 aromatic carbocycles. The first-order valence-electron chi connectivity index (χ1n) is 5.40. The third kappa shape index (κ3) is 1.76. The molecular weight excluding hydrogens is 248 g/mol. The Morgan fingerprint density at radius 3 is 2.94 bits per heavy atom. The molecular formula is C12H10N4OS. The Labute approximate surface area is 107 Å². The number of benzene rings is 1. The average Bonchev–Trinajstić information content (AvgIpc) is 2.98. The van der Waals surface area contributed by atoms with Crippen LogP contribution in [0.1, 0.15) is 15.2 Å². The van der Waals surface area contributed by atoms with Crippen molar-refractivity contribution in [1.82, 2.24) is 15.2 Å². The predicted octanol–water partition coefficient (Wildman–Crippen LogP) is 2.58. The zero-order chi connectivity index (χ0) is 12.5. The fourth-order valence-corrected chi connectivity index (χ4v) is 2.93. The van der Waals surface area contributed by atoms with Gasteiger partial charge in [-0.15, -0.1) is 11.3 Å². The van der Waals surface area contributed by atoms with E-state index >= 15 is 0 Å². The standard InChI is InChI=1S/C12H10N4OS/c1-7-8-4-2-3-5-9(8)18-10(7)11(17)15-12-13-6-14-16-12/h2-6H,1H3,(H2,13,14,15,16,17). The summed E-state index contributed by atoms with van der Waals surface area (Å²) in [4.78, 5) is 16.7. The number of aromatic amines is 1. The van der Waals surface area contributed by atoms with Gasteiger partial charge in [0, 0.05) is 4.70 Å². The van der Waals surface area contributed by atoms with Crippen LogP contribution in [0.2, 0.25) is 0 Å². The molecule has 1 amide bonds. The van der Waals surface area contributed by atoms with Crippen molar-refractivity contribution in [1.29, 1.82) is 0 Å². The zero-order valence-electron chi connectivity index (χ0n) is 9.60. The van der Waals surface area contributed by atoms with Crippen molar-refractivity contribution in [3.8, 4) is 0 Å². The monoisotopic (exact) mass is 258 g/mol. The highest BCUT2D eigenvalue weighted by Crippen LogP contribution is 2.30. The molecule has 5 nitrogen and oxygen atoms in total. The lowest BCUT2D eigenvalue weighted by molar-refractivity contribution is 0.102. The molecule has 0 aliphatic rings. The third-order valence-corrected chi connectivity index (χ3v) is 3.97. The number of anilines is 1. The second-order valence-electron chi connectivity index (χ2n) is 3.84. The SMILES string of the molecule is Cc1c(C(=O)Nc2ncn[nH]2)sc2ccccc12. The molecule has 3 aromatic rings. The largest absolute Gasteiger partial charge is 0.290 e. The van der Waals surface area contributed by atoms with E-state index < -0.39 is 0 Å². The molecule has 0 aliphatic heterocycles. The van der Waals surface area contributed by atoms with Crippen molar-refractivity contribution in [3.05, 3.63) is 41.0 Å². The maximum absolute atomic E-state index is 12.1. The summed E-state index contributed by atoms with van der Waals surface area (Å²) in [6.07, 6.45) is 1.35. The Morgan fingerprint density at radius 1 is 1.39 bits per heavy atom. The minimum atomic E-state index is -0.162. The summed E-state index contributed by atoms with van der Waals surface area (Å²) in [5.74, 6) is 0.197. The van der Waals surface area contributed by atoms with Gasteiger partial charge in [0.15, 0.2) is 0 Å². The summed E-state index contributed by atoms with van der Waals surface area (Å²) in [5.41, 5.74) is 0.993. The van der Waals surface area contributed by atoms with Gasteiger partial charge >= 0.3 is 0 Å². The minimum absolute atomic E-state index is 0.162. The Morgan fingerprint density at radius 2 is 2.22 bits per heavy atom. The maximum Gasteiger partial charge on any atom is 0.268 e. The minimum Gasteiger partial charge on any atom is -0.290 e. The zero-order valence-corrected chi connectivity index (χ0v) is 10.4. The van der Waals surface area contributed by atoms with Crippen molar-refractivity contribution in [2.45, 2.75) is 6.92 Å². The maximum atomic E-state index is 12.1. The Hall–Kier alpha value is -2.21. The highest BCUT2D eigenvalue weighted by atomic mass is 32.1. The second kappa shape index (κ2) is 4.23. The van der Waals surface area contributed by atoms with E-state index in [1.807, 2.05) is 31.2 Å². The van der Waals surface area contributed by atoms with E-state index in [9.17, 15) is 4.79 Å². The van der Waals surface area contributed by atoms with Crippen molar-refractivity contribution < 1.29 is 4.79 Å². The fourth-order valence-electron chi connectivity index (χ4n) is 1.82. The molecule has 90 valence electrons. The highest BCUT2D eigenvalue weighted by molar-refractivity contribution is 7.21. The molecule has 0 radical (unpaired) electrons. The van der Waals surface area contributed by atoms with Crippen molar-refractivity contribution in [2.75, 3.05) is 5.32 Å². The van der Waals surface area contributed by atoms with Gasteiger partial charge in [0.1, 0.15) is 6.33 Å². The molecule has 2 aromatic heterocycles. The van der Waals surface area contributed by atoms with Gasteiger partial charge < -0.3 is 0 Å². The third-order valence-electron chi connectivity index (χ3n) is 2.70. The van der Waals surface area contributed by atoms with Crippen LogP contribution in [0, 0.1) is 6.92 Å². The fraction of sp³-hybridized carbons (Fsp3) is 0.0833. The molecule has 18 heavy (non-hydrogen) atoms. The smallest absolute Gasteiger partial charge is 0.268 e. The molecule has 0 saturated heterocycles. The first kappa shape index (κ1) is 10.9.